The van der Waals surface area contributed by atoms with Crippen molar-refractivity contribution >= 4 is 10.0 Å². The smallest absolute Gasteiger partial charge is 0.240 e. The molecule has 1 aromatic carbocycles. The van der Waals surface area contributed by atoms with E-state index in [0.29, 0.717) is 5.75 Å². The van der Waals surface area contributed by atoms with E-state index in [-0.39, 0.29) is 23.1 Å². The lowest BCUT2D eigenvalue weighted by Gasteiger charge is -2.18. The quantitative estimate of drug-likeness (QED) is 0.865. The summed E-state index contributed by atoms with van der Waals surface area (Å²) in [6.45, 7) is 3.58. The molecule has 2 atom stereocenters. The zero-order valence-corrected chi connectivity index (χ0v) is 12.7. The van der Waals surface area contributed by atoms with Crippen LogP contribution in [0.5, 0.6) is 5.75 Å². The largest absolute Gasteiger partial charge is 0.489 e. The van der Waals surface area contributed by atoms with Crippen LogP contribution in [0.25, 0.3) is 0 Å². The minimum atomic E-state index is -3.44. The van der Waals surface area contributed by atoms with Crippen LogP contribution in [0.3, 0.4) is 0 Å². The second kappa shape index (κ2) is 6.11. The lowest BCUT2D eigenvalue weighted by molar-refractivity contribution is 0.191. The monoisotopic (exact) mass is 298 g/mol. The fraction of sp³-hybridized carbons (Fsp3) is 0.571. The summed E-state index contributed by atoms with van der Waals surface area (Å²) < 4.78 is 32.3. The van der Waals surface area contributed by atoms with Crippen LogP contribution in [0.15, 0.2) is 29.2 Å². The number of nitrogens with two attached hydrogens (primary N) is 1. The number of benzene rings is 1. The van der Waals surface area contributed by atoms with E-state index in [1.54, 1.807) is 38.1 Å². The maximum Gasteiger partial charge on any atom is 0.240 e. The molecule has 1 aliphatic rings. The molecule has 0 bridgehead atoms. The molecular weight excluding hydrogens is 276 g/mol. The summed E-state index contributed by atoms with van der Waals surface area (Å²) in [7, 11) is -3.44. The lowest BCUT2D eigenvalue weighted by atomic mass is 10.2. The van der Waals surface area contributed by atoms with Crippen LogP contribution in [0.4, 0.5) is 0 Å². The van der Waals surface area contributed by atoms with Gasteiger partial charge in [0.15, 0.2) is 0 Å². The summed E-state index contributed by atoms with van der Waals surface area (Å²) in [6.07, 6.45) is 3.05. The minimum Gasteiger partial charge on any atom is -0.489 e. The first-order chi connectivity index (χ1) is 9.38. The van der Waals surface area contributed by atoms with Crippen LogP contribution in [-0.2, 0) is 10.0 Å². The van der Waals surface area contributed by atoms with E-state index in [2.05, 4.69) is 4.72 Å². The average molecular weight is 298 g/mol. The third kappa shape index (κ3) is 3.71. The Balaban J connectivity index is 2.06. The molecule has 2 rings (SSSR count). The van der Waals surface area contributed by atoms with Crippen molar-refractivity contribution in [3.05, 3.63) is 24.3 Å². The SMILES string of the molecule is CC(C)NS(=O)(=O)c1ccc(OC2CCCC2N)cc1. The summed E-state index contributed by atoms with van der Waals surface area (Å²) >= 11 is 0. The zero-order valence-electron chi connectivity index (χ0n) is 11.9. The topological polar surface area (TPSA) is 81.4 Å². The molecule has 1 aliphatic carbocycles. The first-order valence-corrected chi connectivity index (χ1v) is 8.41. The Kier molecular flexibility index (Phi) is 4.67. The maximum atomic E-state index is 12.0. The molecule has 0 aromatic heterocycles. The molecule has 1 saturated carbocycles. The third-order valence-corrected chi connectivity index (χ3v) is 4.99. The molecule has 0 radical (unpaired) electrons. The predicted octanol–water partition coefficient (Wildman–Crippen LogP) is 1.63. The number of rotatable bonds is 5. The van der Waals surface area contributed by atoms with Crippen molar-refractivity contribution in [3.8, 4) is 5.75 Å². The Morgan fingerprint density at radius 3 is 2.40 bits per heavy atom. The van der Waals surface area contributed by atoms with E-state index in [0.717, 1.165) is 19.3 Å². The van der Waals surface area contributed by atoms with E-state index in [9.17, 15) is 8.42 Å². The van der Waals surface area contributed by atoms with Gasteiger partial charge in [-0.2, -0.15) is 0 Å². The van der Waals surface area contributed by atoms with Gasteiger partial charge in [-0.3, -0.25) is 0 Å². The van der Waals surface area contributed by atoms with Crippen molar-refractivity contribution in [2.24, 2.45) is 5.73 Å². The Hall–Kier alpha value is -1.11. The second-order valence-corrected chi connectivity index (χ2v) is 7.21. The summed E-state index contributed by atoms with van der Waals surface area (Å²) in [5, 5.41) is 0. The van der Waals surface area contributed by atoms with Crippen molar-refractivity contribution in [3.63, 3.8) is 0 Å². The fourth-order valence-electron chi connectivity index (χ4n) is 2.35. The molecule has 3 N–H and O–H groups in total. The van der Waals surface area contributed by atoms with Gasteiger partial charge in [0, 0.05) is 12.1 Å². The van der Waals surface area contributed by atoms with Crippen molar-refractivity contribution in [2.75, 3.05) is 0 Å². The van der Waals surface area contributed by atoms with Crippen molar-refractivity contribution in [1.82, 2.24) is 4.72 Å². The Labute approximate surface area is 120 Å². The summed E-state index contributed by atoms with van der Waals surface area (Å²) in [6, 6.07) is 6.41. The van der Waals surface area contributed by atoms with Gasteiger partial charge in [0.2, 0.25) is 10.0 Å². The van der Waals surface area contributed by atoms with E-state index in [1.165, 1.54) is 0 Å². The molecule has 0 spiro atoms. The molecule has 0 saturated heterocycles. The van der Waals surface area contributed by atoms with Gasteiger partial charge in [0.25, 0.3) is 0 Å². The van der Waals surface area contributed by atoms with Gasteiger partial charge in [0.1, 0.15) is 11.9 Å². The molecule has 2 unspecified atom stereocenters. The average Bonchev–Trinajstić information content (AvgIpc) is 2.74. The van der Waals surface area contributed by atoms with Crippen molar-refractivity contribution in [2.45, 2.75) is 56.2 Å². The highest BCUT2D eigenvalue weighted by molar-refractivity contribution is 7.89. The normalized spacial score (nSPS) is 23.2. The molecule has 6 heteroatoms. The molecular formula is C14H22N2O3S. The first-order valence-electron chi connectivity index (χ1n) is 6.93. The van der Waals surface area contributed by atoms with E-state index in [1.807, 2.05) is 0 Å². The second-order valence-electron chi connectivity index (χ2n) is 5.50. The number of hydrogen-bond donors (Lipinski definition) is 2. The summed E-state index contributed by atoms with van der Waals surface area (Å²) in [5.74, 6) is 0.663. The number of sulfonamides is 1. The Bertz CT molecular complexity index is 540. The molecule has 1 aromatic rings. The van der Waals surface area contributed by atoms with Crippen molar-refractivity contribution in [1.29, 1.82) is 0 Å². The number of hydrogen-bond acceptors (Lipinski definition) is 4. The van der Waals surface area contributed by atoms with Crippen LogP contribution in [0, 0.1) is 0 Å². The molecule has 0 amide bonds. The molecule has 112 valence electrons. The van der Waals surface area contributed by atoms with Gasteiger partial charge in [-0.1, -0.05) is 0 Å². The molecule has 0 aliphatic heterocycles. The first kappa shape index (κ1) is 15.3. The summed E-state index contributed by atoms with van der Waals surface area (Å²) in [4.78, 5) is 0.245. The van der Waals surface area contributed by atoms with Gasteiger partial charge in [-0.25, -0.2) is 13.1 Å². The Morgan fingerprint density at radius 1 is 1.25 bits per heavy atom. The molecule has 0 heterocycles. The standard InChI is InChI=1S/C14H22N2O3S/c1-10(2)16-20(17,18)12-8-6-11(7-9-12)19-14-5-3-4-13(14)15/h6-10,13-14,16H,3-5,15H2,1-2H3. The van der Waals surface area contributed by atoms with Crippen molar-refractivity contribution < 1.29 is 13.2 Å². The highest BCUT2D eigenvalue weighted by Crippen LogP contribution is 2.24. The zero-order chi connectivity index (χ0) is 14.8. The van der Waals surface area contributed by atoms with Gasteiger partial charge in [0.05, 0.1) is 4.90 Å². The number of nitrogens with one attached hydrogen (secondary N) is 1. The number of ether oxygens (including phenoxy) is 1. The fourth-order valence-corrected chi connectivity index (χ4v) is 3.60. The molecule has 20 heavy (non-hydrogen) atoms. The van der Waals surface area contributed by atoms with E-state index >= 15 is 0 Å². The molecule has 5 nitrogen and oxygen atoms in total. The molecule has 1 fully saturated rings. The van der Waals surface area contributed by atoms with Crippen LogP contribution >= 0.6 is 0 Å². The lowest BCUT2D eigenvalue weighted by Crippen LogP contribution is -2.33. The highest BCUT2D eigenvalue weighted by atomic mass is 32.2. The predicted molar refractivity (Wildman–Crippen MR) is 78.1 cm³/mol. The minimum absolute atomic E-state index is 0.0336. The van der Waals surface area contributed by atoms with E-state index < -0.39 is 10.0 Å². The maximum absolute atomic E-state index is 12.0. The van der Waals surface area contributed by atoms with Gasteiger partial charge in [-0.15, -0.1) is 0 Å². The summed E-state index contributed by atoms with van der Waals surface area (Å²) in [5.41, 5.74) is 5.95. The van der Waals surface area contributed by atoms with Crippen LogP contribution in [0.2, 0.25) is 0 Å². The van der Waals surface area contributed by atoms with Gasteiger partial charge < -0.3 is 10.5 Å². The third-order valence-electron chi connectivity index (χ3n) is 3.32. The Morgan fingerprint density at radius 2 is 1.90 bits per heavy atom. The highest BCUT2D eigenvalue weighted by Gasteiger charge is 2.25. The van der Waals surface area contributed by atoms with Gasteiger partial charge >= 0.3 is 0 Å². The van der Waals surface area contributed by atoms with Crippen LogP contribution in [0.1, 0.15) is 33.1 Å². The van der Waals surface area contributed by atoms with Crippen LogP contribution < -0.4 is 15.2 Å². The van der Waals surface area contributed by atoms with E-state index in [4.69, 9.17) is 10.5 Å². The van der Waals surface area contributed by atoms with Crippen LogP contribution in [-0.4, -0.2) is 26.6 Å². The van der Waals surface area contributed by atoms with Gasteiger partial charge in [-0.05, 0) is 57.4 Å².